The van der Waals surface area contributed by atoms with Crippen LogP contribution in [0.1, 0.15) is 26.7 Å². The third-order valence-corrected chi connectivity index (χ3v) is 4.59. The van der Waals surface area contributed by atoms with Gasteiger partial charge in [-0.25, -0.2) is 0 Å². The van der Waals surface area contributed by atoms with Crippen molar-refractivity contribution in [3.05, 3.63) is 0 Å². The molecule has 1 aliphatic rings. The minimum atomic E-state index is 0. The van der Waals surface area contributed by atoms with Crippen molar-refractivity contribution in [3.63, 3.8) is 0 Å². The number of rotatable bonds is 8. The minimum Gasteiger partial charge on any atom is -1.00 e. The summed E-state index contributed by atoms with van der Waals surface area (Å²) in [6, 6.07) is 0. The lowest BCUT2D eigenvalue weighted by Crippen LogP contribution is -3.00. The van der Waals surface area contributed by atoms with E-state index in [9.17, 15) is 0 Å². The molecule has 0 bridgehead atoms. The van der Waals surface area contributed by atoms with Crippen molar-refractivity contribution in [2.75, 3.05) is 66.6 Å². The van der Waals surface area contributed by atoms with E-state index in [0.29, 0.717) is 0 Å². The zero-order valence-electron chi connectivity index (χ0n) is 13.1. The molecular weight excluding hydrogens is 372 g/mol. The molecule has 0 unspecified atom stereocenters. The molecule has 1 heterocycles. The van der Waals surface area contributed by atoms with E-state index in [0.717, 1.165) is 24.2 Å². The third-order valence-electron chi connectivity index (χ3n) is 4.59. The van der Waals surface area contributed by atoms with Crippen LogP contribution in [0, 0.1) is 0 Å². The summed E-state index contributed by atoms with van der Waals surface area (Å²) in [5.41, 5.74) is 0. The molecule has 0 aromatic heterocycles. The molecule has 0 radical (unpaired) electrons. The Balaban J connectivity index is 0. The number of nitrogens with zero attached hydrogens (tertiary/aromatic N) is 2. The number of ether oxygens (including phenoxy) is 1. The lowest BCUT2D eigenvalue weighted by molar-refractivity contribution is -0.915. The predicted molar refractivity (Wildman–Crippen MR) is 73.0 cm³/mol. The van der Waals surface area contributed by atoms with Gasteiger partial charge in [0.1, 0.15) is 13.1 Å². The highest BCUT2D eigenvalue weighted by Gasteiger charge is 2.29. The van der Waals surface area contributed by atoms with Crippen molar-refractivity contribution in [1.82, 2.24) is 0 Å². The molecule has 1 fully saturated rings. The van der Waals surface area contributed by atoms with Crippen LogP contribution >= 0.6 is 0 Å². The summed E-state index contributed by atoms with van der Waals surface area (Å²) in [5.74, 6) is 0. The second-order valence-corrected chi connectivity index (χ2v) is 6.12. The molecule has 0 spiro atoms. The molecular formula is C14H32Br2N2O. The van der Waals surface area contributed by atoms with Gasteiger partial charge >= 0.3 is 0 Å². The zero-order chi connectivity index (χ0) is 12.8. The van der Waals surface area contributed by atoms with Crippen LogP contribution in [0.3, 0.4) is 0 Å². The van der Waals surface area contributed by atoms with Gasteiger partial charge in [0.2, 0.25) is 0 Å². The summed E-state index contributed by atoms with van der Waals surface area (Å²) in [6.07, 6.45) is 2.82. The number of likely N-dealkylation sites (N-methyl/N-ethyl adjacent to an activating group) is 2. The van der Waals surface area contributed by atoms with Gasteiger partial charge in [0.15, 0.2) is 0 Å². The fourth-order valence-electron chi connectivity index (χ4n) is 2.53. The number of halogens is 2. The van der Waals surface area contributed by atoms with E-state index in [-0.39, 0.29) is 34.0 Å². The first kappa shape index (κ1) is 22.1. The minimum absolute atomic E-state index is 0. The molecule has 19 heavy (non-hydrogen) atoms. The van der Waals surface area contributed by atoms with E-state index < -0.39 is 0 Å². The lowest BCUT2D eigenvalue weighted by atomic mass is 10.4. The van der Waals surface area contributed by atoms with Gasteiger partial charge in [-0.3, -0.25) is 0 Å². The van der Waals surface area contributed by atoms with E-state index >= 15 is 0 Å². The molecule has 0 amide bonds. The quantitative estimate of drug-likeness (QED) is 0.294. The number of hydrogen-bond donors (Lipinski definition) is 0. The summed E-state index contributed by atoms with van der Waals surface area (Å²) in [5, 5.41) is 0. The van der Waals surface area contributed by atoms with Gasteiger partial charge in [-0.15, -0.1) is 0 Å². The topological polar surface area (TPSA) is 9.23 Å². The highest BCUT2D eigenvalue weighted by Crippen LogP contribution is 2.18. The standard InChI is InChI=1S/C14H32N2O.2BrH/c1-5-15(3,4)11-13-17-14-12-16(6-2)9-7-8-10-16;;/h5-14H2,1-4H3;2*1H/q+2;;/p-2. The molecule has 3 nitrogen and oxygen atoms in total. The van der Waals surface area contributed by atoms with Crippen LogP contribution in [0.15, 0.2) is 0 Å². The van der Waals surface area contributed by atoms with Gasteiger partial charge in [0.05, 0.1) is 53.5 Å². The maximum atomic E-state index is 5.83. The second kappa shape index (κ2) is 10.6. The molecule has 0 aliphatic carbocycles. The van der Waals surface area contributed by atoms with Crippen molar-refractivity contribution in [3.8, 4) is 0 Å². The monoisotopic (exact) mass is 402 g/mol. The first-order chi connectivity index (χ1) is 8.04. The SMILES string of the molecule is CC[N+](C)(C)CCOCC[N+]1(CC)CCCC1.[Br-].[Br-]. The Labute approximate surface area is 141 Å². The molecule has 5 heteroatoms. The Bertz CT molecular complexity index is 219. The molecule has 0 N–H and O–H groups in total. The van der Waals surface area contributed by atoms with Gasteiger partial charge in [-0.05, 0) is 13.8 Å². The maximum absolute atomic E-state index is 5.83. The van der Waals surface area contributed by atoms with Gasteiger partial charge in [-0.2, -0.15) is 0 Å². The number of quaternary nitrogens is 2. The largest absolute Gasteiger partial charge is 1.00 e. The summed E-state index contributed by atoms with van der Waals surface area (Å²) in [6.45, 7) is 14.0. The smallest absolute Gasteiger partial charge is 0.102 e. The number of hydrogen-bond acceptors (Lipinski definition) is 1. The van der Waals surface area contributed by atoms with Gasteiger partial charge in [0.25, 0.3) is 0 Å². The molecule has 1 rings (SSSR count). The zero-order valence-corrected chi connectivity index (χ0v) is 16.3. The van der Waals surface area contributed by atoms with E-state index in [4.69, 9.17) is 4.74 Å². The summed E-state index contributed by atoms with van der Waals surface area (Å²) < 4.78 is 8.19. The summed E-state index contributed by atoms with van der Waals surface area (Å²) in [4.78, 5) is 0. The Hall–Kier alpha value is 0.840. The second-order valence-electron chi connectivity index (χ2n) is 6.12. The first-order valence-electron chi connectivity index (χ1n) is 7.28. The molecule has 1 saturated heterocycles. The van der Waals surface area contributed by atoms with Crippen LogP contribution in [0.5, 0.6) is 0 Å². The van der Waals surface area contributed by atoms with Gasteiger partial charge in [-0.1, -0.05) is 0 Å². The summed E-state index contributed by atoms with van der Waals surface area (Å²) >= 11 is 0. The summed E-state index contributed by atoms with van der Waals surface area (Å²) in [7, 11) is 4.54. The first-order valence-corrected chi connectivity index (χ1v) is 7.28. The van der Waals surface area contributed by atoms with Crippen LogP contribution < -0.4 is 34.0 Å². The van der Waals surface area contributed by atoms with Crippen molar-refractivity contribution < 1.29 is 47.7 Å². The van der Waals surface area contributed by atoms with Crippen LogP contribution in [-0.4, -0.2) is 75.5 Å². The predicted octanol–water partition coefficient (Wildman–Crippen LogP) is -4.26. The van der Waals surface area contributed by atoms with Gasteiger partial charge in [0, 0.05) is 12.8 Å². The highest BCUT2D eigenvalue weighted by molar-refractivity contribution is 4.53. The average molecular weight is 404 g/mol. The van der Waals surface area contributed by atoms with E-state index in [1.165, 1.54) is 50.0 Å². The van der Waals surface area contributed by atoms with Crippen molar-refractivity contribution in [2.24, 2.45) is 0 Å². The molecule has 0 aromatic rings. The van der Waals surface area contributed by atoms with E-state index in [2.05, 4.69) is 27.9 Å². The lowest BCUT2D eigenvalue weighted by Gasteiger charge is -2.33. The Kier molecular flexibility index (Phi) is 12.3. The maximum Gasteiger partial charge on any atom is 0.102 e. The average Bonchev–Trinajstić information content (AvgIpc) is 2.78. The Morgan fingerprint density at radius 2 is 1.58 bits per heavy atom. The highest BCUT2D eigenvalue weighted by atomic mass is 79.9. The molecule has 1 aliphatic heterocycles. The normalized spacial score (nSPS) is 17.7. The molecule has 0 atom stereocenters. The molecule has 118 valence electrons. The van der Waals surface area contributed by atoms with Crippen molar-refractivity contribution in [1.29, 1.82) is 0 Å². The molecule has 0 aromatic carbocycles. The van der Waals surface area contributed by atoms with Crippen LogP contribution in [0.4, 0.5) is 0 Å². The molecule has 0 saturated carbocycles. The van der Waals surface area contributed by atoms with E-state index in [1.54, 1.807) is 0 Å². The van der Waals surface area contributed by atoms with Crippen LogP contribution in [-0.2, 0) is 4.74 Å². The fourth-order valence-corrected chi connectivity index (χ4v) is 2.53. The van der Waals surface area contributed by atoms with E-state index in [1.807, 2.05) is 0 Å². The van der Waals surface area contributed by atoms with Crippen molar-refractivity contribution in [2.45, 2.75) is 26.7 Å². The fraction of sp³-hybridized carbons (Fsp3) is 1.00. The van der Waals surface area contributed by atoms with Crippen LogP contribution in [0.25, 0.3) is 0 Å². The third kappa shape index (κ3) is 8.00. The number of likely N-dealkylation sites (tertiary alicyclic amines) is 1. The van der Waals surface area contributed by atoms with Crippen molar-refractivity contribution >= 4 is 0 Å². The van der Waals surface area contributed by atoms with Crippen LogP contribution in [0.2, 0.25) is 0 Å². The Morgan fingerprint density at radius 3 is 2.05 bits per heavy atom. The Morgan fingerprint density at radius 1 is 1.00 bits per heavy atom. The van der Waals surface area contributed by atoms with Gasteiger partial charge < -0.3 is 47.7 Å².